The first-order valence-corrected chi connectivity index (χ1v) is 4.29. The molecule has 0 saturated carbocycles. The number of benzene rings is 1. The zero-order valence-electron chi connectivity index (χ0n) is 8.08. The van der Waals surface area contributed by atoms with Crippen LogP contribution in [0.3, 0.4) is 0 Å². The van der Waals surface area contributed by atoms with Crippen molar-refractivity contribution in [1.82, 2.24) is 0 Å². The Labute approximate surface area is 79.4 Å². The van der Waals surface area contributed by atoms with Gasteiger partial charge >= 0.3 is 0 Å². The second-order valence-corrected chi connectivity index (χ2v) is 2.75. The molecular weight excluding hydrogens is 160 g/mol. The van der Waals surface area contributed by atoms with E-state index in [0.717, 1.165) is 11.3 Å². The van der Waals surface area contributed by atoms with E-state index in [0.29, 0.717) is 0 Å². The number of allylic oxidation sites excluding steroid dienone is 2. The van der Waals surface area contributed by atoms with Gasteiger partial charge < -0.3 is 4.74 Å². The number of para-hydroxylation sites is 1. The summed E-state index contributed by atoms with van der Waals surface area (Å²) in [4.78, 5) is 0. The van der Waals surface area contributed by atoms with Crippen molar-refractivity contribution in [3.63, 3.8) is 0 Å². The summed E-state index contributed by atoms with van der Waals surface area (Å²) in [6.07, 6.45) is 3.51. The molecule has 1 rings (SSSR count). The predicted molar refractivity (Wildman–Crippen MR) is 56.6 cm³/mol. The van der Waals surface area contributed by atoms with Crippen molar-refractivity contribution in [2.24, 2.45) is 0 Å². The van der Waals surface area contributed by atoms with Crippen molar-refractivity contribution in [1.29, 1.82) is 0 Å². The molecule has 0 bridgehead atoms. The van der Waals surface area contributed by atoms with Gasteiger partial charge in [-0.3, -0.25) is 0 Å². The molecular formula is C12H14O. The van der Waals surface area contributed by atoms with E-state index in [1.165, 1.54) is 11.8 Å². The molecule has 68 valence electrons. The van der Waals surface area contributed by atoms with E-state index < -0.39 is 0 Å². The Balaban J connectivity index is 3.11. The van der Waals surface area contributed by atoms with Crippen LogP contribution in [0, 0.1) is 0 Å². The van der Waals surface area contributed by atoms with Crippen molar-refractivity contribution in [3.8, 4) is 5.75 Å². The van der Waals surface area contributed by atoms with Gasteiger partial charge in [0.1, 0.15) is 5.75 Å². The number of ether oxygens (including phenoxy) is 1. The van der Waals surface area contributed by atoms with Crippen LogP contribution in [0.15, 0.2) is 43.2 Å². The van der Waals surface area contributed by atoms with Crippen LogP contribution in [-0.2, 0) is 0 Å². The second-order valence-electron chi connectivity index (χ2n) is 2.75. The molecule has 0 amide bonds. The quantitative estimate of drug-likeness (QED) is 0.636. The third-order valence-corrected chi connectivity index (χ3v) is 1.96. The highest BCUT2D eigenvalue weighted by molar-refractivity contribution is 5.68. The smallest absolute Gasteiger partial charge is 0.133 e. The normalized spacial score (nSPS) is 11.1. The van der Waals surface area contributed by atoms with Crippen LogP contribution in [0.5, 0.6) is 5.75 Å². The molecule has 1 nitrogen and oxygen atoms in total. The van der Waals surface area contributed by atoms with Gasteiger partial charge in [-0.05, 0) is 25.5 Å². The molecule has 0 spiro atoms. The molecule has 1 aromatic rings. The minimum absolute atomic E-state index is 0.855. The van der Waals surface area contributed by atoms with E-state index in [1.54, 1.807) is 0 Å². The van der Waals surface area contributed by atoms with Crippen LogP contribution >= 0.6 is 0 Å². The monoisotopic (exact) mass is 174 g/mol. The Hall–Kier alpha value is -1.50. The highest BCUT2D eigenvalue weighted by atomic mass is 16.5. The lowest BCUT2D eigenvalue weighted by Gasteiger charge is -2.07. The second kappa shape index (κ2) is 4.51. The molecule has 0 atom stereocenters. The van der Waals surface area contributed by atoms with Crippen molar-refractivity contribution < 1.29 is 4.74 Å². The largest absolute Gasteiger partial charge is 0.465 e. The first-order chi connectivity index (χ1) is 6.29. The molecule has 1 heteroatoms. The van der Waals surface area contributed by atoms with Gasteiger partial charge in [0.25, 0.3) is 0 Å². The number of hydrogen-bond donors (Lipinski definition) is 0. The maximum Gasteiger partial charge on any atom is 0.133 e. The van der Waals surface area contributed by atoms with E-state index >= 15 is 0 Å². The van der Waals surface area contributed by atoms with Crippen molar-refractivity contribution >= 4 is 5.57 Å². The average molecular weight is 174 g/mol. The zero-order valence-corrected chi connectivity index (χ0v) is 8.08. The van der Waals surface area contributed by atoms with Gasteiger partial charge in [0.05, 0.1) is 6.26 Å². The Morgan fingerprint density at radius 2 is 2.08 bits per heavy atom. The molecule has 0 aromatic heterocycles. The molecule has 0 radical (unpaired) electrons. The Morgan fingerprint density at radius 1 is 1.38 bits per heavy atom. The standard InChI is InChI=1S/C12H14O/c1-4-10(3)11-8-6-7-9-12(11)13-5-2/h4-9H,2H2,1,3H3/b10-4-. The highest BCUT2D eigenvalue weighted by Crippen LogP contribution is 2.25. The molecule has 0 N–H and O–H groups in total. The van der Waals surface area contributed by atoms with E-state index in [1.807, 2.05) is 31.2 Å². The molecule has 13 heavy (non-hydrogen) atoms. The van der Waals surface area contributed by atoms with Gasteiger partial charge in [0.2, 0.25) is 0 Å². The summed E-state index contributed by atoms with van der Waals surface area (Å²) in [5.74, 6) is 0.855. The third kappa shape index (κ3) is 2.22. The lowest BCUT2D eigenvalue weighted by molar-refractivity contribution is 0.482. The fourth-order valence-corrected chi connectivity index (χ4v) is 1.14. The molecule has 0 aliphatic heterocycles. The minimum atomic E-state index is 0.855. The van der Waals surface area contributed by atoms with E-state index in [4.69, 9.17) is 4.74 Å². The maximum atomic E-state index is 5.28. The van der Waals surface area contributed by atoms with Gasteiger partial charge in [-0.25, -0.2) is 0 Å². The fourth-order valence-electron chi connectivity index (χ4n) is 1.14. The third-order valence-electron chi connectivity index (χ3n) is 1.96. The lowest BCUT2D eigenvalue weighted by atomic mass is 10.1. The molecule has 1 aromatic carbocycles. The van der Waals surface area contributed by atoms with Crippen LogP contribution in [0.4, 0.5) is 0 Å². The van der Waals surface area contributed by atoms with Gasteiger partial charge in [-0.1, -0.05) is 30.9 Å². The summed E-state index contributed by atoms with van der Waals surface area (Å²) < 4.78 is 5.28. The lowest BCUT2D eigenvalue weighted by Crippen LogP contribution is -1.87. The molecule has 0 unspecified atom stereocenters. The van der Waals surface area contributed by atoms with Crippen molar-refractivity contribution in [2.45, 2.75) is 13.8 Å². The summed E-state index contributed by atoms with van der Waals surface area (Å²) in [6.45, 7) is 7.62. The van der Waals surface area contributed by atoms with Gasteiger partial charge in [-0.2, -0.15) is 0 Å². The molecule has 0 saturated heterocycles. The summed E-state index contributed by atoms with van der Waals surface area (Å²) in [6, 6.07) is 7.92. The first-order valence-electron chi connectivity index (χ1n) is 4.29. The van der Waals surface area contributed by atoms with Crippen molar-refractivity contribution in [2.75, 3.05) is 0 Å². The Kier molecular flexibility index (Phi) is 3.32. The van der Waals surface area contributed by atoms with Gasteiger partial charge in [-0.15, -0.1) is 0 Å². The average Bonchev–Trinajstić information content (AvgIpc) is 2.18. The predicted octanol–water partition coefficient (Wildman–Crippen LogP) is 3.63. The number of hydrogen-bond acceptors (Lipinski definition) is 1. The van der Waals surface area contributed by atoms with Crippen LogP contribution < -0.4 is 4.74 Å². The van der Waals surface area contributed by atoms with E-state index in [-0.39, 0.29) is 0 Å². The molecule has 0 aliphatic rings. The van der Waals surface area contributed by atoms with Gasteiger partial charge in [0, 0.05) is 5.56 Å². The molecule has 0 aliphatic carbocycles. The SMILES string of the molecule is C=COc1ccccc1/C(C)=C\C. The zero-order chi connectivity index (χ0) is 9.68. The summed E-state index contributed by atoms with van der Waals surface area (Å²) in [7, 11) is 0. The Morgan fingerprint density at radius 3 is 2.69 bits per heavy atom. The number of rotatable bonds is 3. The fraction of sp³-hybridized carbons (Fsp3) is 0.167. The van der Waals surface area contributed by atoms with Crippen LogP contribution in [-0.4, -0.2) is 0 Å². The summed E-state index contributed by atoms with van der Waals surface area (Å²) in [5.41, 5.74) is 2.32. The maximum absolute atomic E-state index is 5.28. The molecule has 0 heterocycles. The van der Waals surface area contributed by atoms with Crippen LogP contribution in [0.2, 0.25) is 0 Å². The molecule has 0 fully saturated rings. The topological polar surface area (TPSA) is 9.23 Å². The first kappa shape index (κ1) is 9.59. The van der Waals surface area contributed by atoms with Crippen LogP contribution in [0.1, 0.15) is 19.4 Å². The Bertz CT molecular complexity index is 324. The van der Waals surface area contributed by atoms with Gasteiger partial charge in [0.15, 0.2) is 0 Å². The van der Waals surface area contributed by atoms with Crippen LogP contribution in [0.25, 0.3) is 5.57 Å². The highest BCUT2D eigenvalue weighted by Gasteiger charge is 2.01. The van der Waals surface area contributed by atoms with E-state index in [9.17, 15) is 0 Å². The summed E-state index contributed by atoms with van der Waals surface area (Å²) in [5, 5.41) is 0. The van der Waals surface area contributed by atoms with Crippen molar-refractivity contribution in [3.05, 3.63) is 48.7 Å². The minimum Gasteiger partial charge on any atom is -0.465 e. The van der Waals surface area contributed by atoms with E-state index in [2.05, 4.69) is 19.6 Å². The summed E-state index contributed by atoms with van der Waals surface area (Å²) >= 11 is 0.